The molecule has 60 valence electrons. The molecular formula is C9H14N2. The smallest absolute Gasteiger partial charge is 0.179 e. The Morgan fingerprint density at radius 2 is 2.18 bits per heavy atom. The predicted octanol–water partition coefficient (Wildman–Crippen LogP) is 1.44. The summed E-state index contributed by atoms with van der Waals surface area (Å²) in [5.74, 6) is 1.57. The maximum atomic E-state index is 8.72. The summed E-state index contributed by atoms with van der Waals surface area (Å²) in [6.07, 6.45) is 2.25. The van der Waals surface area contributed by atoms with Gasteiger partial charge in [0.05, 0.1) is 0 Å². The highest BCUT2D eigenvalue weighted by atomic mass is 15.2. The zero-order valence-electron chi connectivity index (χ0n) is 7.33. The summed E-state index contributed by atoms with van der Waals surface area (Å²) in [7, 11) is 0. The summed E-state index contributed by atoms with van der Waals surface area (Å²) < 4.78 is 0. The van der Waals surface area contributed by atoms with Gasteiger partial charge in [0.1, 0.15) is 0 Å². The van der Waals surface area contributed by atoms with Crippen molar-refractivity contribution in [2.75, 3.05) is 6.54 Å². The van der Waals surface area contributed by atoms with E-state index in [1.807, 2.05) is 4.90 Å². The maximum absolute atomic E-state index is 8.72. The van der Waals surface area contributed by atoms with Crippen LogP contribution in [0.5, 0.6) is 0 Å². The molecule has 2 nitrogen and oxygen atoms in total. The van der Waals surface area contributed by atoms with E-state index in [0.717, 1.165) is 18.4 Å². The van der Waals surface area contributed by atoms with Gasteiger partial charge in [-0.3, -0.25) is 0 Å². The molecule has 2 unspecified atom stereocenters. The van der Waals surface area contributed by atoms with Crippen LogP contribution in [0.3, 0.4) is 0 Å². The first-order chi connectivity index (χ1) is 5.09. The molecule has 0 radical (unpaired) electrons. The Labute approximate surface area is 67.8 Å². The second-order valence-corrected chi connectivity index (χ2v) is 4.45. The van der Waals surface area contributed by atoms with Crippen LogP contribution in [0.1, 0.15) is 20.8 Å². The fraction of sp³-hybridized carbons (Fsp3) is 0.889. The second-order valence-electron chi connectivity index (χ2n) is 4.45. The quantitative estimate of drug-likeness (QED) is 0.489. The van der Waals surface area contributed by atoms with Crippen LogP contribution in [0.4, 0.5) is 0 Å². The third kappa shape index (κ3) is 0.663. The number of hydrogen-bond donors (Lipinski definition) is 0. The van der Waals surface area contributed by atoms with E-state index in [4.69, 9.17) is 5.26 Å². The van der Waals surface area contributed by atoms with Gasteiger partial charge in [-0.1, -0.05) is 13.8 Å². The Bertz CT molecular complexity index is 226. The Morgan fingerprint density at radius 3 is 2.55 bits per heavy atom. The number of nitrogens with zero attached hydrogens (tertiary/aromatic N) is 2. The molecule has 0 aromatic heterocycles. The number of piperidine rings is 1. The summed E-state index contributed by atoms with van der Waals surface area (Å²) in [6.45, 7) is 7.79. The molecule has 1 saturated heterocycles. The number of rotatable bonds is 0. The number of likely N-dealkylation sites (tertiary alicyclic amines) is 1. The average molecular weight is 150 g/mol. The molecule has 11 heavy (non-hydrogen) atoms. The molecule has 3 atom stereocenters. The normalized spacial score (nSPS) is 44.9. The van der Waals surface area contributed by atoms with Gasteiger partial charge in [-0.05, 0) is 24.2 Å². The molecule has 2 aliphatic rings. The first kappa shape index (κ1) is 6.97. The highest BCUT2D eigenvalue weighted by molar-refractivity contribution is 5.16. The largest absolute Gasteiger partial charge is 0.307 e. The fourth-order valence-corrected chi connectivity index (χ4v) is 2.80. The van der Waals surface area contributed by atoms with Crippen LogP contribution in [0, 0.1) is 28.7 Å². The molecule has 1 aliphatic heterocycles. The highest BCUT2D eigenvalue weighted by Gasteiger charge is 2.65. The van der Waals surface area contributed by atoms with Crippen LogP contribution in [-0.2, 0) is 0 Å². The van der Waals surface area contributed by atoms with Gasteiger partial charge in [-0.15, -0.1) is 0 Å². The zero-order chi connectivity index (χ0) is 8.22. The highest BCUT2D eigenvalue weighted by Crippen LogP contribution is 2.64. The van der Waals surface area contributed by atoms with Crippen molar-refractivity contribution in [2.24, 2.45) is 17.3 Å². The average Bonchev–Trinajstić information content (AvgIpc) is 2.34. The Morgan fingerprint density at radius 1 is 1.55 bits per heavy atom. The van der Waals surface area contributed by atoms with E-state index in [0.29, 0.717) is 11.5 Å². The van der Waals surface area contributed by atoms with Crippen LogP contribution in [0.15, 0.2) is 0 Å². The number of fused-ring (bicyclic) bond motifs is 1. The van der Waals surface area contributed by atoms with Crippen molar-refractivity contribution >= 4 is 0 Å². The Kier molecular flexibility index (Phi) is 1.09. The second kappa shape index (κ2) is 1.72. The van der Waals surface area contributed by atoms with Crippen molar-refractivity contribution in [3.8, 4) is 6.19 Å². The molecule has 0 amide bonds. The minimum Gasteiger partial charge on any atom is -0.307 e. The molecule has 2 rings (SSSR count). The Balaban J connectivity index is 2.14. The van der Waals surface area contributed by atoms with Gasteiger partial charge < -0.3 is 4.90 Å². The molecule has 0 aromatic carbocycles. The van der Waals surface area contributed by atoms with Gasteiger partial charge in [0.15, 0.2) is 6.19 Å². The third-order valence-corrected chi connectivity index (χ3v) is 3.67. The van der Waals surface area contributed by atoms with Crippen LogP contribution in [0.2, 0.25) is 0 Å². The van der Waals surface area contributed by atoms with Gasteiger partial charge in [-0.25, -0.2) is 0 Å². The van der Waals surface area contributed by atoms with Crippen molar-refractivity contribution < 1.29 is 0 Å². The summed E-state index contributed by atoms with van der Waals surface area (Å²) in [5.41, 5.74) is 0.521. The SMILES string of the molecule is C[C@@H]1C2C(CN1C#N)C2(C)C. The van der Waals surface area contributed by atoms with Crippen LogP contribution < -0.4 is 0 Å². The molecule has 0 spiro atoms. The molecule has 0 N–H and O–H groups in total. The molecule has 1 heterocycles. The van der Waals surface area contributed by atoms with Crippen LogP contribution in [0.25, 0.3) is 0 Å². The summed E-state index contributed by atoms with van der Waals surface area (Å²) in [4.78, 5) is 1.92. The lowest BCUT2D eigenvalue weighted by Gasteiger charge is -2.22. The van der Waals surface area contributed by atoms with Crippen molar-refractivity contribution in [2.45, 2.75) is 26.8 Å². The molecule has 0 bridgehead atoms. The van der Waals surface area contributed by atoms with E-state index >= 15 is 0 Å². The maximum Gasteiger partial charge on any atom is 0.179 e. The van der Waals surface area contributed by atoms with E-state index in [2.05, 4.69) is 27.0 Å². The van der Waals surface area contributed by atoms with Crippen molar-refractivity contribution in [1.82, 2.24) is 4.90 Å². The van der Waals surface area contributed by atoms with Gasteiger partial charge in [0.25, 0.3) is 0 Å². The van der Waals surface area contributed by atoms with Crippen molar-refractivity contribution in [3.05, 3.63) is 0 Å². The lowest BCUT2D eigenvalue weighted by molar-refractivity contribution is 0.273. The zero-order valence-corrected chi connectivity index (χ0v) is 7.33. The van der Waals surface area contributed by atoms with E-state index in [1.165, 1.54) is 0 Å². The van der Waals surface area contributed by atoms with Crippen LogP contribution in [-0.4, -0.2) is 17.5 Å². The van der Waals surface area contributed by atoms with E-state index in [1.54, 1.807) is 0 Å². The van der Waals surface area contributed by atoms with Gasteiger partial charge >= 0.3 is 0 Å². The monoisotopic (exact) mass is 150 g/mol. The Hall–Kier alpha value is -0.710. The van der Waals surface area contributed by atoms with E-state index in [9.17, 15) is 0 Å². The van der Waals surface area contributed by atoms with Crippen molar-refractivity contribution in [1.29, 1.82) is 5.26 Å². The van der Waals surface area contributed by atoms with Gasteiger partial charge in [0, 0.05) is 12.6 Å². The third-order valence-electron chi connectivity index (χ3n) is 3.67. The first-order valence-electron chi connectivity index (χ1n) is 4.25. The summed E-state index contributed by atoms with van der Waals surface area (Å²) in [5, 5.41) is 8.72. The topological polar surface area (TPSA) is 27.0 Å². The predicted molar refractivity (Wildman–Crippen MR) is 42.5 cm³/mol. The van der Waals surface area contributed by atoms with Crippen LogP contribution >= 0.6 is 0 Å². The van der Waals surface area contributed by atoms with Crippen molar-refractivity contribution in [3.63, 3.8) is 0 Å². The molecular weight excluding hydrogens is 136 g/mol. The minimum atomic E-state index is 0.486. The standard InChI is InChI=1S/C9H14N2/c1-6-8-7(9(8,2)3)4-11(6)5-10/h6-8H,4H2,1-3H3/t6-,7?,8?/m1/s1. The molecule has 1 saturated carbocycles. The first-order valence-corrected chi connectivity index (χ1v) is 4.25. The van der Waals surface area contributed by atoms with E-state index in [-0.39, 0.29) is 0 Å². The molecule has 0 aromatic rings. The number of nitriles is 1. The number of hydrogen-bond acceptors (Lipinski definition) is 2. The summed E-state index contributed by atoms with van der Waals surface area (Å²) in [6, 6.07) is 0.486. The fourth-order valence-electron chi connectivity index (χ4n) is 2.80. The molecule has 2 fully saturated rings. The van der Waals surface area contributed by atoms with Gasteiger partial charge in [0.2, 0.25) is 0 Å². The lowest BCUT2D eigenvalue weighted by atomic mass is 10.0. The van der Waals surface area contributed by atoms with E-state index < -0.39 is 0 Å². The lowest BCUT2D eigenvalue weighted by Crippen LogP contribution is -2.29. The summed E-state index contributed by atoms with van der Waals surface area (Å²) >= 11 is 0. The van der Waals surface area contributed by atoms with Gasteiger partial charge in [-0.2, -0.15) is 5.26 Å². The molecule has 1 aliphatic carbocycles. The minimum absolute atomic E-state index is 0.486. The molecule has 2 heteroatoms.